The van der Waals surface area contributed by atoms with Crippen molar-refractivity contribution in [2.75, 3.05) is 19.6 Å². The van der Waals surface area contributed by atoms with Gasteiger partial charge in [-0.25, -0.2) is 4.98 Å². The number of hydrogen-bond acceptors (Lipinski definition) is 4. The van der Waals surface area contributed by atoms with E-state index >= 15 is 0 Å². The summed E-state index contributed by atoms with van der Waals surface area (Å²) in [4.78, 5) is 6.58. The van der Waals surface area contributed by atoms with Crippen molar-refractivity contribution in [2.24, 2.45) is 23.9 Å². The molecule has 0 amide bonds. The van der Waals surface area contributed by atoms with E-state index in [2.05, 4.69) is 22.0 Å². The standard InChI is InChI=1S/C12H23N5O/c1-4-17(9-10(2)12(13)15-18)7-5-11-14-6-8-16(11)3/h6,8,10,18H,4-5,7,9H2,1-3H3,(H2,13,15). The number of hydrogen-bond donors (Lipinski definition) is 2. The van der Waals surface area contributed by atoms with Crippen LogP contribution >= 0.6 is 0 Å². The molecule has 1 aromatic heterocycles. The van der Waals surface area contributed by atoms with E-state index in [0.717, 1.165) is 31.9 Å². The fraction of sp³-hybridized carbons (Fsp3) is 0.667. The van der Waals surface area contributed by atoms with Crippen molar-refractivity contribution >= 4 is 5.84 Å². The zero-order valence-electron chi connectivity index (χ0n) is 11.4. The number of oxime groups is 1. The molecule has 0 saturated carbocycles. The molecule has 0 saturated heterocycles. The van der Waals surface area contributed by atoms with Gasteiger partial charge >= 0.3 is 0 Å². The highest BCUT2D eigenvalue weighted by molar-refractivity contribution is 5.82. The SMILES string of the molecule is CCN(CCc1nccn1C)CC(C)/C(N)=N/O. The Bertz CT molecular complexity index is 388. The number of aryl methyl sites for hydroxylation is 1. The van der Waals surface area contributed by atoms with Crippen molar-refractivity contribution in [3.8, 4) is 0 Å². The highest BCUT2D eigenvalue weighted by Crippen LogP contribution is 2.03. The maximum Gasteiger partial charge on any atom is 0.143 e. The number of imidazole rings is 1. The summed E-state index contributed by atoms with van der Waals surface area (Å²) in [7, 11) is 2.00. The molecule has 6 heteroatoms. The molecule has 0 fully saturated rings. The maximum atomic E-state index is 8.64. The van der Waals surface area contributed by atoms with Crippen molar-refractivity contribution in [3.63, 3.8) is 0 Å². The molecule has 0 aliphatic rings. The van der Waals surface area contributed by atoms with E-state index in [9.17, 15) is 0 Å². The summed E-state index contributed by atoms with van der Waals surface area (Å²) in [6, 6.07) is 0. The number of likely N-dealkylation sites (N-methyl/N-ethyl adjacent to an activating group) is 1. The van der Waals surface area contributed by atoms with Gasteiger partial charge in [-0.15, -0.1) is 0 Å². The first-order valence-corrected chi connectivity index (χ1v) is 6.24. The number of amidine groups is 1. The number of nitrogens with two attached hydrogens (primary N) is 1. The van der Waals surface area contributed by atoms with Crippen LogP contribution in [0.2, 0.25) is 0 Å². The van der Waals surface area contributed by atoms with Gasteiger partial charge in [0.2, 0.25) is 0 Å². The first-order valence-electron chi connectivity index (χ1n) is 6.24. The van der Waals surface area contributed by atoms with Crippen LogP contribution in [0, 0.1) is 5.92 Å². The second-order valence-corrected chi connectivity index (χ2v) is 4.52. The van der Waals surface area contributed by atoms with E-state index in [1.54, 1.807) is 0 Å². The molecule has 6 nitrogen and oxygen atoms in total. The van der Waals surface area contributed by atoms with Crippen LogP contribution in [0.5, 0.6) is 0 Å². The van der Waals surface area contributed by atoms with Crippen LogP contribution in [0.1, 0.15) is 19.7 Å². The van der Waals surface area contributed by atoms with Crippen LogP contribution in [0.3, 0.4) is 0 Å². The lowest BCUT2D eigenvalue weighted by Gasteiger charge is -2.23. The summed E-state index contributed by atoms with van der Waals surface area (Å²) in [5.41, 5.74) is 5.59. The molecular formula is C12H23N5O. The van der Waals surface area contributed by atoms with Crippen LogP contribution in [-0.4, -0.2) is 45.1 Å². The molecule has 18 heavy (non-hydrogen) atoms. The average molecular weight is 253 g/mol. The Morgan fingerprint density at radius 2 is 2.39 bits per heavy atom. The highest BCUT2D eigenvalue weighted by atomic mass is 16.4. The first kappa shape index (κ1) is 14.5. The van der Waals surface area contributed by atoms with Crippen molar-refractivity contribution in [3.05, 3.63) is 18.2 Å². The second-order valence-electron chi connectivity index (χ2n) is 4.52. The fourth-order valence-electron chi connectivity index (χ4n) is 1.85. The van der Waals surface area contributed by atoms with E-state index in [1.807, 2.05) is 30.9 Å². The van der Waals surface area contributed by atoms with Gasteiger partial charge in [0.25, 0.3) is 0 Å². The van der Waals surface area contributed by atoms with Gasteiger partial charge in [0.05, 0.1) is 0 Å². The van der Waals surface area contributed by atoms with Crippen molar-refractivity contribution in [2.45, 2.75) is 20.3 Å². The molecule has 102 valence electrons. The van der Waals surface area contributed by atoms with Gasteiger partial charge in [-0.3, -0.25) is 0 Å². The number of rotatable bonds is 7. The minimum atomic E-state index is 0.0521. The molecule has 0 radical (unpaired) electrons. The third-order valence-electron chi connectivity index (χ3n) is 3.17. The van der Waals surface area contributed by atoms with Gasteiger partial charge in [-0.2, -0.15) is 0 Å². The second kappa shape index (κ2) is 7.00. The fourth-order valence-corrected chi connectivity index (χ4v) is 1.85. The summed E-state index contributed by atoms with van der Waals surface area (Å²) >= 11 is 0. The molecular weight excluding hydrogens is 230 g/mol. The molecule has 1 aromatic rings. The van der Waals surface area contributed by atoms with Crippen LogP contribution < -0.4 is 5.73 Å². The smallest absolute Gasteiger partial charge is 0.143 e. The molecule has 0 aliphatic heterocycles. The first-order chi connectivity index (χ1) is 8.58. The Kier molecular flexibility index (Phi) is 5.64. The minimum absolute atomic E-state index is 0.0521. The summed E-state index contributed by atoms with van der Waals surface area (Å²) in [5, 5.41) is 11.7. The monoisotopic (exact) mass is 253 g/mol. The maximum absolute atomic E-state index is 8.64. The molecule has 1 atom stereocenters. The van der Waals surface area contributed by atoms with E-state index < -0.39 is 0 Å². The lowest BCUT2D eigenvalue weighted by molar-refractivity contribution is 0.265. The molecule has 1 unspecified atom stereocenters. The van der Waals surface area contributed by atoms with Crippen LogP contribution in [-0.2, 0) is 13.5 Å². The molecule has 1 rings (SSSR count). The van der Waals surface area contributed by atoms with Crippen molar-refractivity contribution in [1.29, 1.82) is 0 Å². The Morgan fingerprint density at radius 1 is 1.67 bits per heavy atom. The predicted molar refractivity (Wildman–Crippen MR) is 71.6 cm³/mol. The van der Waals surface area contributed by atoms with E-state index in [0.29, 0.717) is 0 Å². The van der Waals surface area contributed by atoms with Crippen LogP contribution in [0.4, 0.5) is 0 Å². The van der Waals surface area contributed by atoms with Gasteiger partial charge < -0.3 is 20.4 Å². The summed E-state index contributed by atoms with van der Waals surface area (Å²) < 4.78 is 2.03. The molecule has 0 aliphatic carbocycles. The summed E-state index contributed by atoms with van der Waals surface area (Å²) in [6.45, 7) is 6.71. The molecule has 0 aromatic carbocycles. The highest BCUT2D eigenvalue weighted by Gasteiger charge is 2.13. The largest absolute Gasteiger partial charge is 0.409 e. The van der Waals surface area contributed by atoms with Gasteiger partial charge in [-0.1, -0.05) is 19.0 Å². The van der Waals surface area contributed by atoms with E-state index in [4.69, 9.17) is 10.9 Å². The van der Waals surface area contributed by atoms with Crippen molar-refractivity contribution in [1.82, 2.24) is 14.5 Å². The zero-order valence-corrected chi connectivity index (χ0v) is 11.4. The normalized spacial score (nSPS) is 14.1. The van der Waals surface area contributed by atoms with Crippen LogP contribution in [0.25, 0.3) is 0 Å². The molecule has 0 spiro atoms. The summed E-state index contributed by atoms with van der Waals surface area (Å²) in [6.07, 6.45) is 4.66. The number of aromatic nitrogens is 2. The van der Waals surface area contributed by atoms with Gasteiger partial charge in [0.1, 0.15) is 11.7 Å². The Balaban J connectivity index is 2.45. The average Bonchev–Trinajstić information content (AvgIpc) is 2.78. The van der Waals surface area contributed by atoms with E-state index in [1.165, 1.54) is 0 Å². The molecule has 0 bridgehead atoms. The Hall–Kier alpha value is -1.56. The minimum Gasteiger partial charge on any atom is -0.409 e. The Morgan fingerprint density at radius 3 is 2.89 bits per heavy atom. The third-order valence-corrected chi connectivity index (χ3v) is 3.17. The molecule has 3 N–H and O–H groups in total. The third kappa shape index (κ3) is 4.03. The van der Waals surface area contributed by atoms with E-state index in [-0.39, 0.29) is 11.8 Å². The lowest BCUT2D eigenvalue weighted by Crippen LogP contribution is -2.36. The number of nitrogens with zero attached hydrogens (tertiary/aromatic N) is 4. The van der Waals surface area contributed by atoms with Gasteiger partial charge in [-0.05, 0) is 6.54 Å². The Labute approximate surface area is 108 Å². The van der Waals surface area contributed by atoms with Gasteiger partial charge in [0, 0.05) is 44.9 Å². The predicted octanol–water partition coefficient (Wildman–Crippen LogP) is 0.667. The quantitative estimate of drug-likeness (QED) is 0.324. The van der Waals surface area contributed by atoms with Crippen LogP contribution in [0.15, 0.2) is 17.5 Å². The van der Waals surface area contributed by atoms with Gasteiger partial charge in [0.15, 0.2) is 0 Å². The summed E-state index contributed by atoms with van der Waals surface area (Å²) in [5.74, 6) is 1.41. The lowest BCUT2D eigenvalue weighted by atomic mass is 10.1. The topological polar surface area (TPSA) is 79.7 Å². The molecule has 1 heterocycles. The van der Waals surface area contributed by atoms with Crippen molar-refractivity contribution < 1.29 is 5.21 Å². The zero-order chi connectivity index (χ0) is 13.5.